The summed E-state index contributed by atoms with van der Waals surface area (Å²) in [5.41, 5.74) is 3.30. The highest BCUT2D eigenvalue weighted by Gasteiger charge is 2.16. The molecule has 0 aliphatic carbocycles. The molecule has 0 aliphatic rings. The Morgan fingerprint density at radius 2 is 1.90 bits per heavy atom. The van der Waals surface area contributed by atoms with Crippen LogP contribution < -0.4 is 10.1 Å². The molecule has 1 N–H and O–H groups in total. The molecule has 2 aromatic carbocycles. The van der Waals surface area contributed by atoms with Gasteiger partial charge in [0.1, 0.15) is 5.75 Å². The summed E-state index contributed by atoms with van der Waals surface area (Å²) >= 11 is 1.16. The molecule has 1 amide bonds. The van der Waals surface area contributed by atoms with Gasteiger partial charge in [0.2, 0.25) is 5.91 Å². The van der Waals surface area contributed by atoms with Gasteiger partial charge in [0.05, 0.1) is 5.69 Å². The number of benzene rings is 2. The number of anilines is 1. The number of para-hydroxylation sites is 1. The molecule has 0 saturated carbocycles. The van der Waals surface area contributed by atoms with E-state index in [0.717, 1.165) is 22.5 Å². The number of Topliss-reactive ketones (excluding diaryl/α,β-unsaturated/α-hetero) is 1. The van der Waals surface area contributed by atoms with E-state index in [-0.39, 0.29) is 30.3 Å². The third kappa shape index (κ3) is 5.48. The number of carbonyl (C=O) groups is 2. The summed E-state index contributed by atoms with van der Waals surface area (Å²) in [5.74, 6) is -0.425. The van der Waals surface area contributed by atoms with Crippen LogP contribution in [0.1, 0.15) is 34.3 Å². The average molecular weight is 430 g/mol. The molecule has 3 aromatic rings. The van der Waals surface area contributed by atoms with E-state index in [2.05, 4.69) is 15.0 Å². The van der Waals surface area contributed by atoms with Crippen LogP contribution >= 0.6 is 11.3 Å². The van der Waals surface area contributed by atoms with Crippen LogP contribution in [0, 0.1) is 13.8 Å². The lowest BCUT2D eigenvalue weighted by molar-refractivity contribution is -0.116. The molecular formula is C22H20F2N2O3S. The second-order valence-corrected chi connectivity index (χ2v) is 7.56. The molecule has 0 saturated heterocycles. The van der Waals surface area contributed by atoms with Crippen LogP contribution in [0.5, 0.6) is 5.75 Å². The fourth-order valence-corrected chi connectivity index (χ4v) is 3.64. The number of amides is 1. The molecule has 1 heterocycles. The van der Waals surface area contributed by atoms with Gasteiger partial charge in [-0.15, -0.1) is 11.3 Å². The Hall–Kier alpha value is -3.13. The van der Waals surface area contributed by atoms with Crippen LogP contribution in [0.4, 0.5) is 13.9 Å². The summed E-state index contributed by atoms with van der Waals surface area (Å²) in [7, 11) is 0. The summed E-state index contributed by atoms with van der Waals surface area (Å²) in [6, 6.07) is 12.0. The van der Waals surface area contributed by atoms with Crippen LogP contribution in [0.15, 0.2) is 47.8 Å². The van der Waals surface area contributed by atoms with Crippen molar-refractivity contribution in [3.05, 3.63) is 64.5 Å². The minimum absolute atomic E-state index is 0.00907. The Morgan fingerprint density at radius 3 is 2.67 bits per heavy atom. The van der Waals surface area contributed by atoms with Crippen molar-refractivity contribution in [3.8, 4) is 17.0 Å². The number of hydrogen-bond acceptors (Lipinski definition) is 5. The summed E-state index contributed by atoms with van der Waals surface area (Å²) in [4.78, 5) is 28.9. The zero-order chi connectivity index (χ0) is 21.7. The van der Waals surface area contributed by atoms with Crippen LogP contribution in [0.3, 0.4) is 0 Å². The first-order valence-corrected chi connectivity index (χ1v) is 10.1. The second kappa shape index (κ2) is 9.58. The first kappa shape index (κ1) is 21.6. The summed E-state index contributed by atoms with van der Waals surface area (Å²) in [6.45, 7) is 0.825. The summed E-state index contributed by atoms with van der Waals surface area (Å²) in [6.07, 6.45) is 0.103. The normalized spacial score (nSPS) is 10.8. The van der Waals surface area contributed by atoms with Crippen LogP contribution in [-0.4, -0.2) is 23.3 Å². The van der Waals surface area contributed by atoms with Gasteiger partial charge in [0.15, 0.2) is 10.9 Å². The molecular weight excluding hydrogens is 410 g/mol. The lowest BCUT2D eigenvalue weighted by Gasteiger charge is -2.08. The number of aryl methyl sites for hydroxylation is 2. The number of halogens is 2. The molecule has 0 unspecified atom stereocenters. The maximum Gasteiger partial charge on any atom is 0.387 e. The fourth-order valence-electron chi connectivity index (χ4n) is 2.91. The Bertz CT molecular complexity index is 1070. The minimum atomic E-state index is -2.95. The third-order valence-electron chi connectivity index (χ3n) is 4.40. The van der Waals surface area contributed by atoms with Crippen molar-refractivity contribution in [1.29, 1.82) is 0 Å². The molecule has 156 valence electrons. The van der Waals surface area contributed by atoms with Gasteiger partial charge < -0.3 is 10.1 Å². The van der Waals surface area contributed by atoms with Gasteiger partial charge in [0, 0.05) is 29.3 Å². The van der Waals surface area contributed by atoms with Crippen molar-refractivity contribution < 1.29 is 23.1 Å². The van der Waals surface area contributed by atoms with Crippen molar-refractivity contribution in [3.63, 3.8) is 0 Å². The van der Waals surface area contributed by atoms with Gasteiger partial charge in [-0.25, -0.2) is 4.98 Å². The number of nitrogens with zero attached hydrogens (tertiary/aromatic N) is 1. The zero-order valence-electron chi connectivity index (χ0n) is 16.4. The number of carbonyl (C=O) groups excluding carboxylic acids is 2. The molecule has 5 nitrogen and oxygen atoms in total. The second-order valence-electron chi connectivity index (χ2n) is 6.70. The maximum atomic E-state index is 12.6. The highest BCUT2D eigenvalue weighted by atomic mass is 32.1. The van der Waals surface area contributed by atoms with E-state index in [9.17, 15) is 18.4 Å². The van der Waals surface area contributed by atoms with Crippen LogP contribution in [0.25, 0.3) is 11.3 Å². The van der Waals surface area contributed by atoms with E-state index >= 15 is 0 Å². The molecule has 1 aromatic heterocycles. The zero-order valence-corrected chi connectivity index (χ0v) is 17.3. The number of alkyl halides is 2. The molecule has 3 rings (SSSR count). The predicted molar refractivity (Wildman–Crippen MR) is 112 cm³/mol. The number of ether oxygens (including phenoxy) is 1. The smallest absolute Gasteiger partial charge is 0.387 e. The largest absolute Gasteiger partial charge is 0.434 e. The van der Waals surface area contributed by atoms with E-state index in [1.807, 2.05) is 32.0 Å². The molecule has 0 spiro atoms. The Morgan fingerprint density at radius 1 is 1.13 bits per heavy atom. The number of aromatic nitrogens is 1. The van der Waals surface area contributed by atoms with Crippen molar-refractivity contribution in [1.82, 2.24) is 4.98 Å². The van der Waals surface area contributed by atoms with Crippen LogP contribution in [-0.2, 0) is 4.79 Å². The van der Waals surface area contributed by atoms with Gasteiger partial charge in [0.25, 0.3) is 0 Å². The molecule has 0 radical (unpaired) electrons. The van der Waals surface area contributed by atoms with E-state index in [4.69, 9.17) is 0 Å². The molecule has 0 fully saturated rings. The first-order chi connectivity index (χ1) is 14.3. The first-order valence-electron chi connectivity index (χ1n) is 9.23. The quantitative estimate of drug-likeness (QED) is 0.470. The standard InChI is InChI=1S/C22H20F2N2O3S/c1-13-7-8-14(2)16(11-13)18(27)9-10-20(28)26-22-25-17(12-30-22)15-5-3-4-6-19(15)29-21(23)24/h3-8,11-12,21H,9-10H2,1-2H3,(H,25,26,28). The molecule has 0 bridgehead atoms. The summed E-state index contributed by atoms with van der Waals surface area (Å²) in [5, 5.41) is 4.62. The Balaban J connectivity index is 1.62. The highest BCUT2D eigenvalue weighted by molar-refractivity contribution is 7.14. The molecule has 30 heavy (non-hydrogen) atoms. The minimum Gasteiger partial charge on any atom is -0.434 e. The van der Waals surface area contributed by atoms with Gasteiger partial charge in [-0.05, 0) is 37.6 Å². The lowest BCUT2D eigenvalue weighted by Crippen LogP contribution is -2.14. The number of nitrogens with one attached hydrogen (secondary N) is 1. The van der Waals surface area contributed by atoms with Gasteiger partial charge in [-0.2, -0.15) is 8.78 Å². The molecule has 8 heteroatoms. The fraction of sp³-hybridized carbons (Fsp3) is 0.227. The maximum absolute atomic E-state index is 12.6. The van der Waals surface area contributed by atoms with Crippen LogP contribution in [0.2, 0.25) is 0 Å². The summed E-state index contributed by atoms with van der Waals surface area (Å²) < 4.78 is 29.7. The van der Waals surface area contributed by atoms with Crippen molar-refractivity contribution >= 4 is 28.2 Å². The Labute approximate surface area is 176 Å². The lowest BCUT2D eigenvalue weighted by atomic mass is 9.99. The van der Waals surface area contributed by atoms with Crippen molar-refractivity contribution in [2.45, 2.75) is 33.3 Å². The van der Waals surface area contributed by atoms with Crippen molar-refractivity contribution in [2.75, 3.05) is 5.32 Å². The van der Waals surface area contributed by atoms with E-state index in [1.54, 1.807) is 23.6 Å². The SMILES string of the molecule is Cc1ccc(C)c(C(=O)CCC(=O)Nc2nc(-c3ccccc3OC(F)F)cs2)c1. The van der Waals surface area contributed by atoms with Crippen molar-refractivity contribution in [2.24, 2.45) is 0 Å². The van der Waals surface area contributed by atoms with E-state index in [1.165, 1.54) is 6.07 Å². The van der Waals surface area contributed by atoms with Gasteiger partial charge >= 0.3 is 6.61 Å². The van der Waals surface area contributed by atoms with Gasteiger partial charge in [-0.1, -0.05) is 29.8 Å². The number of ketones is 1. The number of rotatable bonds is 8. The third-order valence-corrected chi connectivity index (χ3v) is 5.16. The van der Waals surface area contributed by atoms with E-state index in [0.29, 0.717) is 22.0 Å². The van der Waals surface area contributed by atoms with Gasteiger partial charge in [-0.3, -0.25) is 9.59 Å². The topological polar surface area (TPSA) is 68.3 Å². The predicted octanol–water partition coefficient (Wildman–Crippen LogP) is 5.63. The Kier molecular flexibility index (Phi) is 6.89. The molecule has 0 atom stereocenters. The number of thiazole rings is 1. The monoisotopic (exact) mass is 430 g/mol. The average Bonchev–Trinajstić information content (AvgIpc) is 3.16. The van der Waals surface area contributed by atoms with E-state index < -0.39 is 6.61 Å². The molecule has 0 aliphatic heterocycles. The number of hydrogen-bond donors (Lipinski definition) is 1. The highest BCUT2D eigenvalue weighted by Crippen LogP contribution is 2.33.